The summed E-state index contributed by atoms with van der Waals surface area (Å²) in [6.45, 7) is 1.97. The monoisotopic (exact) mass is 296 g/mol. The summed E-state index contributed by atoms with van der Waals surface area (Å²) in [6, 6.07) is 7.69. The van der Waals surface area contributed by atoms with Gasteiger partial charge in [0.15, 0.2) is 0 Å². The van der Waals surface area contributed by atoms with Crippen LogP contribution in [0.2, 0.25) is 0 Å². The molecule has 0 radical (unpaired) electrons. The van der Waals surface area contributed by atoms with Gasteiger partial charge in [-0.05, 0) is 24.5 Å². The Hall–Kier alpha value is -1.10. The molecule has 0 fully saturated rings. The van der Waals surface area contributed by atoms with Crippen LogP contribution in [0, 0.1) is 0 Å². The molecule has 0 bridgehead atoms. The molecule has 0 aromatic heterocycles. The minimum atomic E-state index is -1.15. The first-order valence-corrected chi connectivity index (χ1v) is 7.97. The lowest BCUT2D eigenvalue weighted by Gasteiger charge is -2.15. The smallest absolute Gasteiger partial charge is 0.224 e. The Morgan fingerprint density at radius 2 is 1.67 bits per heavy atom. The number of aliphatic hydroxyl groups excluding tert-OH is 1. The number of ether oxygens (including phenoxy) is 1. The number of aliphatic hydroxyl groups is 1. The van der Waals surface area contributed by atoms with E-state index in [0.717, 1.165) is 18.4 Å². The van der Waals surface area contributed by atoms with E-state index in [1.54, 1.807) is 0 Å². The second-order valence-electron chi connectivity index (χ2n) is 5.35. The number of para-hydroxylation sites is 1. The fraction of sp³-hybridized carbons (Fsp3) is 0.647. The van der Waals surface area contributed by atoms with Crippen LogP contribution in [0.5, 0.6) is 5.75 Å². The van der Waals surface area contributed by atoms with Gasteiger partial charge in [-0.1, -0.05) is 63.6 Å². The minimum absolute atomic E-state index is 0.258. The number of rotatable bonds is 12. The van der Waals surface area contributed by atoms with Crippen LogP contribution >= 0.6 is 0 Å². The molecule has 120 valence electrons. The second kappa shape index (κ2) is 11.5. The summed E-state index contributed by atoms with van der Waals surface area (Å²) in [5.74, 6) is 0.660. The van der Waals surface area contributed by atoms with Crippen LogP contribution in [0.15, 0.2) is 24.3 Å². The van der Waals surface area contributed by atoms with Gasteiger partial charge in [-0.25, -0.2) is 4.89 Å². The van der Waals surface area contributed by atoms with Crippen molar-refractivity contribution in [1.82, 2.24) is 0 Å². The molecule has 0 amide bonds. The maximum atomic E-state index is 9.51. The van der Waals surface area contributed by atoms with Gasteiger partial charge in [0.2, 0.25) is 6.29 Å². The average molecular weight is 296 g/mol. The van der Waals surface area contributed by atoms with Gasteiger partial charge in [0.05, 0.1) is 0 Å². The van der Waals surface area contributed by atoms with Gasteiger partial charge < -0.3 is 9.84 Å². The largest absolute Gasteiger partial charge is 0.462 e. The normalized spacial score (nSPS) is 12.3. The van der Waals surface area contributed by atoms with Crippen molar-refractivity contribution in [2.24, 2.45) is 0 Å². The van der Waals surface area contributed by atoms with E-state index in [0.29, 0.717) is 5.75 Å². The van der Waals surface area contributed by atoms with Gasteiger partial charge in [-0.15, -0.1) is 0 Å². The molecular formula is C17H28O4. The van der Waals surface area contributed by atoms with E-state index in [1.165, 1.54) is 38.5 Å². The highest BCUT2D eigenvalue weighted by Crippen LogP contribution is 2.21. The molecule has 0 heterocycles. The van der Waals surface area contributed by atoms with E-state index >= 15 is 0 Å². The van der Waals surface area contributed by atoms with Crippen molar-refractivity contribution >= 4 is 0 Å². The van der Waals surface area contributed by atoms with E-state index < -0.39 is 6.29 Å². The van der Waals surface area contributed by atoms with Crippen LogP contribution < -0.4 is 4.74 Å². The third kappa shape index (κ3) is 8.05. The predicted molar refractivity (Wildman–Crippen MR) is 83.4 cm³/mol. The lowest BCUT2D eigenvalue weighted by molar-refractivity contribution is -0.274. The zero-order valence-electron chi connectivity index (χ0n) is 13.0. The number of aryl methyl sites for hydroxylation is 1. The van der Waals surface area contributed by atoms with Crippen molar-refractivity contribution in [3.8, 4) is 5.75 Å². The Morgan fingerprint density at radius 3 is 2.38 bits per heavy atom. The van der Waals surface area contributed by atoms with Crippen molar-refractivity contribution in [1.29, 1.82) is 0 Å². The fourth-order valence-corrected chi connectivity index (χ4v) is 2.34. The van der Waals surface area contributed by atoms with Gasteiger partial charge in [0, 0.05) is 0 Å². The Bertz CT molecular complexity index is 368. The summed E-state index contributed by atoms with van der Waals surface area (Å²) < 4.78 is 5.37. The molecule has 0 aliphatic rings. The van der Waals surface area contributed by atoms with E-state index in [9.17, 15) is 5.11 Å². The molecule has 0 saturated heterocycles. The summed E-state index contributed by atoms with van der Waals surface area (Å²) in [6.07, 6.45) is 8.69. The molecule has 1 unspecified atom stereocenters. The molecule has 1 atom stereocenters. The van der Waals surface area contributed by atoms with Crippen LogP contribution in [0.3, 0.4) is 0 Å². The van der Waals surface area contributed by atoms with Crippen molar-refractivity contribution < 1.29 is 20.0 Å². The van der Waals surface area contributed by atoms with Crippen LogP contribution in [-0.2, 0) is 11.3 Å². The molecule has 21 heavy (non-hydrogen) atoms. The van der Waals surface area contributed by atoms with Crippen LogP contribution in [0.1, 0.15) is 57.4 Å². The minimum Gasteiger partial charge on any atom is -0.462 e. The third-order valence-corrected chi connectivity index (χ3v) is 3.50. The maximum absolute atomic E-state index is 9.51. The van der Waals surface area contributed by atoms with Gasteiger partial charge in [0.1, 0.15) is 12.4 Å². The highest BCUT2D eigenvalue weighted by Gasteiger charge is 2.09. The highest BCUT2D eigenvalue weighted by molar-refractivity contribution is 5.33. The van der Waals surface area contributed by atoms with Crippen molar-refractivity contribution in [3.05, 3.63) is 29.8 Å². The Kier molecular flexibility index (Phi) is 9.87. The lowest BCUT2D eigenvalue weighted by Crippen LogP contribution is -2.22. The first-order chi connectivity index (χ1) is 10.3. The first-order valence-electron chi connectivity index (χ1n) is 7.97. The van der Waals surface area contributed by atoms with E-state index in [2.05, 4.69) is 11.8 Å². The molecule has 1 aromatic carbocycles. The van der Waals surface area contributed by atoms with Crippen LogP contribution in [0.4, 0.5) is 0 Å². The molecule has 1 rings (SSSR count). The summed E-state index contributed by atoms with van der Waals surface area (Å²) >= 11 is 0. The van der Waals surface area contributed by atoms with Gasteiger partial charge in [-0.2, -0.15) is 0 Å². The summed E-state index contributed by atoms with van der Waals surface area (Å²) in [4.78, 5) is 3.89. The van der Waals surface area contributed by atoms with Gasteiger partial charge >= 0.3 is 0 Å². The number of hydrogen-bond donors (Lipinski definition) is 2. The molecule has 0 aliphatic heterocycles. The summed E-state index contributed by atoms with van der Waals surface area (Å²) in [5, 5.41) is 17.8. The molecule has 0 saturated carbocycles. The van der Waals surface area contributed by atoms with E-state index in [-0.39, 0.29) is 6.61 Å². The third-order valence-electron chi connectivity index (χ3n) is 3.50. The van der Waals surface area contributed by atoms with Crippen molar-refractivity contribution in [2.45, 2.75) is 64.6 Å². The Balaban J connectivity index is 2.30. The number of benzene rings is 1. The molecule has 2 N–H and O–H groups in total. The molecule has 4 nitrogen and oxygen atoms in total. The van der Waals surface area contributed by atoms with E-state index in [1.807, 2.05) is 24.3 Å². The van der Waals surface area contributed by atoms with Gasteiger partial charge in [-0.3, -0.25) is 5.26 Å². The molecule has 0 spiro atoms. The average Bonchev–Trinajstić information content (AvgIpc) is 2.48. The maximum Gasteiger partial charge on any atom is 0.224 e. The summed E-state index contributed by atoms with van der Waals surface area (Å²) in [7, 11) is 0. The second-order valence-corrected chi connectivity index (χ2v) is 5.35. The number of hydrogen-bond acceptors (Lipinski definition) is 4. The Morgan fingerprint density at radius 1 is 1.00 bits per heavy atom. The van der Waals surface area contributed by atoms with Crippen molar-refractivity contribution in [3.63, 3.8) is 0 Å². The van der Waals surface area contributed by atoms with Gasteiger partial charge in [0.25, 0.3) is 0 Å². The summed E-state index contributed by atoms with van der Waals surface area (Å²) in [5.41, 5.74) is 1.09. The topological polar surface area (TPSA) is 58.9 Å². The molecule has 4 heteroatoms. The molecular weight excluding hydrogens is 268 g/mol. The molecule has 0 aliphatic carbocycles. The quantitative estimate of drug-likeness (QED) is 0.263. The zero-order valence-corrected chi connectivity index (χ0v) is 13.0. The van der Waals surface area contributed by atoms with E-state index in [4.69, 9.17) is 9.99 Å². The fourth-order valence-electron chi connectivity index (χ4n) is 2.34. The van der Waals surface area contributed by atoms with Crippen molar-refractivity contribution in [2.75, 3.05) is 6.61 Å². The predicted octanol–water partition coefficient (Wildman–Crippen LogP) is 4.17. The van der Waals surface area contributed by atoms with Crippen LogP contribution in [-0.4, -0.2) is 23.3 Å². The first kappa shape index (κ1) is 18.0. The SMILES string of the molecule is CCCCCCCCCc1ccccc1OC(O)COO. The Labute approximate surface area is 127 Å². The highest BCUT2D eigenvalue weighted by atomic mass is 17.1. The standard InChI is InChI=1S/C17H28O4/c1-2-3-4-5-6-7-8-11-15-12-9-10-13-16(15)21-17(18)14-20-19/h9-10,12-13,17-19H,2-8,11,14H2,1H3. The lowest BCUT2D eigenvalue weighted by atomic mass is 10.0. The number of unbranched alkanes of at least 4 members (excludes halogenated alkanes) is 6. The zero-order chi connectivity index (χ0) is 15.3. The van der Waals surface area contributed by atoms with Crippen LogP contribution in [0.25, 0.3) is 0 Å². The molecule has 1 aromatic rings.